The van der Waals surface area contributed by atoms with Crippen LogP contribution in [-0.2, 0) is 17.8 Å². The van der Waals surface area contributed by atoms with Crippen molar-refractivity contribution in [1.29, 1.82) is 0 Å². The molecule has 2 rings (SSSR count). The maximum Gasteiger partial charge on any atom is 0.309 e. The number of aliphatic carboxylic acids is 1. The molecule has 0 unspecified atom stereocenters. The van der Waals surface area contributed by atoms with Crippen LogP contribution >= 0.6 is 11.6 Å². The van der Waals surface area contributed by atoms with Crippen LogP contribution in [0.2, 0.25) is 5.02 Å². The van der Waals surface area contributed by atoms with Crippen molar-refractivity contribution < 1.29 is 19.1 Å². The molecular weight excluding hydrogens is 270 g/mol. The molecule has 0 spiro atoms. The molecule has 0 bridgehead atoms. The van der Waals surface area contributed by atoms with E-state index in [2.05, 4.69) is 4.98 Å². The molecule has 1 aromatic heterocycles. The van der Waals surface area contributed by atoms with Gasteiger partial charge in [-0.15, -0.1) is 0 Å². The number of rotatable bonds is 5. The molecule has 1 N–H and O–H groups in total. The number of aryl methyl sites for hydroxylation is 1. The summed E-state index contributed by atoms with van der Waals surface area (Å²) >= 11 is 5.76. The van der Waals surface area contributed by atoms with Crippen molar-refractivity contribution in [3.05, 3.63) is 46.6 Å². The lowest BCUT2D eigenvalue weighted by atomic mass is 10.3. The fraction of sp³-hybridized carbons (Fsp3) is 0.231. The monoisotopic (exact) mass is 281 g/mol. The number of carboxylic acids is 1. The van der Waals surface area contributed by atoms with E-state index in [1.165, 1.54) is 0 Å². The number of ether oxygens (including phenoxy) is 1. The van der Waals surface area contributed by atoms with Crippen molar-refractivity contribution in [3.63, 3.8) is 0 Å². The summed E-state index contributed by atoms with van der Waals surface area (Å²) in [5.41, 5.74) is 0.419. The lowest BCUT2D eigenvalue weighted by molar-refractivity contribution is -0.136. The van der Waals surface area contributed by atoms with Crippen LogP contribution in [0.1, 0.15) is 17.3 Å². The number of halogens is 1. The summed E-state index contributed by atoms with van der Waals surface area (Å²) in [5.74, 6) is 0.544. The van der Waals surface area contributed by atoms with Gasteiger partial charge in [0.15, 0.2) is 6.61 Å². The molecule has 100 valence electrons. The van der Waals surface area contributed by atoms with E-state index in [9.17, 15) is 4.79 Å². The minimum Gasteiger partial charge on any atom is -0.484 e. The van der Waals surface area contributed by atoms with Crippen LogP contribution in [-0.4, -0.2) is 16.1 Å². The first-order valence-corrected chi connectivity index (χ1v) is 5.97. The van der Waals surface area contributed by atoms with Crippen LogP contribution in [0.5, 0.6) is 5.75 Å². The quantitative estimate of drug-likeness (QED) is 0.912. The molecule has 0 atom stereocenters. The summed E-state index contributed by atoms with van der Waals surface area (Å²) in [7, 11) is 0. The summed E-state index contributed by atoms with van der Waals surface area (Å²) in [6.07, 6.45) is -0.156. The van der Waals surface area contributed by atoms with E-state index in [4.69, 9.17) is 25.9 Å². The van der Waals surface area contributed by atoms with E-state index in [0.29, 0.717) is 28.1 Å². The Bertz CT molecular complexity index is 577. The smallest absolute Gasteiger partial charge is 0.309 e. The van der Waals surface area contributed by atoms with Crippen LogP contribution in [0, 0.1) is 6.92 Å². The molecule has 0 radical (unpaired) electrons. The minimum absolute atomic E-state index is 0.141. The summed E-state index contributed by atoms with van der Waals surface area (Å²) in [4.78, 5) is 14.7. The SMILES string of the molecule is Cc1oc(COc2ccc(Cl)cc2)nc1CC(=O)O. The highest BCUT2D eigenvalue weighted by atomic mass is 35.5. The van der Waals surface area contributed by atoms with Crippen LogP contribution in [0.25, 0.3) is 0 Å². The van der Waals surface area contributed by atoms with Gasteiger partial charge < -0.3 is 14.3 Å². The van der Waals surface area contributed by atoms with Crippen LogP contribution < -0.4 is 4.74 Å². The zero-order valence-corrected chi connectivity index (χ0v) is 11.0. The van der Waals surface area contributed by atoms with Gasteiger partial charge in [0.05, 0.1) is 12.1 Å². The first-order valence-electron chi connectivity index (χ1n) is 5.60. The molecule has 6 heteroatoms. The lowest BCUT2D eigenvalue weighted by Crippen LogP contribution is -2.02. The number of aromatic nitrogens is 1. The van der Waals surface area contributed by atoms with Gasteiger partial charge in [-0.05, 0) is 31.2 Å². The Kier molecular flexibility index (Phi) is 4.06. The maximum absolute atomic E-state index is 10.6. The second kappa shape index (κ2) is 5.75. The van der Waals surface area contributed by atoms with Crippen LogP contribution in [0.15, 0.2) is 28.7 Å². The summed E-state index contributed by atoms with van der Waals surface area (Å²) in [6, 6.07) is 6.90. The standard InChI is InChI=1S/C13H12ClNO4/c1-8-11(6-13(16)17)15-12(19-8)7-18-10-4-2-9(14)3-5-10/h2-5H,6-7H2,1H3,(H,16,17). The summed E-state index contributed by atoms with van der Waals surface area (Å²) in [5, 5.41) is 9.34. The molecule has 1 heterocycles. The first-order chi connectivity index (χ1) is 9.04. The fourth-order valence-corrected chi connectivity index (χ4v) is 1.66. The number of hydrogen-bond acceptors (Lipinski definition) is 4. The number of nitrogens with zero attached hydrogens (tertiary/aromatic N) is 1. The maximum atomic E-state index is 10.6. The fourth-order valence-electron chi connectivity index (χ4n) is 1.53. The third-order valence-electron chi connectivity index (χ3n) is 2.43. The van der Waals surface area contributed by atoms with Crippen LogP contribution in [0.3, 0.4) is 0 Å². The highest BCUT2D eigenvalue weighted by molar-refractivity contribution is 6.30. The van der Waals surface area contributed by atoms with Gasteiger partial charge in [-0.1, -0.05) is 11.6 Å². The van der Waals surface area contributed by atoms with E-state index >= 15 is 0 Å². The van der Waals surface area contributed by atoms with Crippen molar-refractivity contribution in [3.8, 4) is 5.75 Å². The van der Waals surface area contributed by atoms with Gasteiger partial charge in [0.1, 0.15) is 11.5 Å². The average Bonchev–Trinajstić information content (AvgIpc) is 2.69. The zero-order valence-electron chi connectivity index (χ0n) is 10.2. The van der Waals surface area contributed by atoms with E-state index in [0.717, 1.165) is 0 Å². The molecule has 2 aromatic rings. The normalized spacial score (nSPS) is 10.4. The van der Waals surface area contributed by atoms with Gasteiger partial charge in [0.25, 0.3) is 0 Å². The largest absolute Gasteiger partial charge is 0.484 e. The summed E-state index contributed by atoms with van der Waals surface area (Å²) in [6.45, 7) is 1.82. The molecule has 0 saturated carbocycles. The van der Waals surface area contributed by atoms with E-state index < -0.39 is 5.97 Å². The highest BCUT2D eigenvalue weighted by Crippen LogP contribution is 2.18. The topological polar surface area (TPSA) is 72.6 Å². The predicted molar refractivity (Wildman–Crippen MR) is 68.4 cm³/mol. The molecule has 0 aliphatic carbocycles. The predicted octanol–water partition coefficient (Wildman–Crippen LogP) is 2.84. The Hall–Kier alpha value is -2.01. The van der Waals surface area contributed by atoms with Crippen molar-refractivity contribution >= 4 is 17.6 Å². The first kappa shape index (κ1) is 13.4. The number of oxazole rings is 1. The van der Waals surface area contributed by atoms with Gasteiger partial charge in [-0.2, -0.15) is 0 Å². The van der Waals surface area contributed by atoms with Crippen molar-refractivity contribution in [2.45, 2.75) is 20.0 Å². The molecule has 0 fully saturated rings. The second-order valence-electron chi connectivity index (χ2n) is 3.92. The van der Waals surface area contributed by atoms with E-state index in [-0.39, 0.29) is 13.0 Å². The molecular formula is C13H12ClNO4. The highest BCUT2D eigenvalue weighted by Gasteiger charge is 2.13. The van der Waals surface area contributed by atoms with Crippen molar-refractivity contribution in [1.82, 2.24) is 4.98 Å². The Morgan fingerprint density at radius 1 is 1.42 bits per heavy atom. The number of carboxylic acid groups (broad SMARTS) is 1. The molecule has 0 saturated heterocycles. The third-order valence-corrected chi connectivity index (χ3v) is 2.68. The van der Waals surface area contributed by atoms with Crippen molar-refractivity contribution in [2.75, 3.05) is 0 Å². The van der Waals surface area contributed by atoms with Gasteiger partial charge in [0, 0.05) is 5.02 Å². The molecule has 0 amide bonds. The second-order valence-corrected chi connectivity index (χ2v) is 4.36. The lowest BCUT2D eigenvalue weighted by Gasteiger charge is -2.02. The molecule has 0 aliphatic heterocycles. The Labute approximate surface area is 114 Å². The molecule has 19 heavy (non-hydrogen) atoms. The number of hydrogen-bond donors (Lipinski definition) is 1. The van der Waals surface area contributed by atoms with Crippen LogP contribution in [0.4, 0.5) is 0 Å². The van der Waals surface area contributed by atoms with Gasteiger partial charge in [-0.3, -0.25) is 4.79 Å². The van der Waals surface area contributed by atoms with E-state index in [1.807, 2.05) is 0 Å². The third kappa shape index (κ3) is 3.72. The Morgan fingerprint density at radius 3 is 2.74 bits per heavy atom. The Morgan fingerprint density at radius 2 is 2.11 bits per heavy atom. The Balaban J connectivity index is 1.99. The molecule has 0 aliphatic rings. The molecule has 5 nitrogen and oxygen atoms in total. The number of carbonyl (C=O) groups is 1. The minimum atomic E-state index is -0.943. The van der Waals surface area contributed by atoms with Gasteiger partial charge in [-0.25, -0.2) is 4.98 Å². The average molecular weight is 282 g/mol. The van der Waals surface area contributed by atoms with Gasteiger partial charge >= 0.3 is 5.97 Å². The zero-order chi connectivity index (χ0) is 13.8. The number of benzene rings is 1. The summed E-state index contributed by atoms with van der Waals surface area (Å²) < 4.78 is 10.8. The molecule has 1 aromatic carbocycles. The van der Waals surface area contributed by atoms with Crippen molar-refractivity contribution in [2.24, 2.45) is 0 Å². The van der Waals surface area contributed by atoms with Gasteiger partial charge in [0.2, 0.25) is 5.89 Å². The van der Waals surface area contributed by atoms with E-state index in [1.54, 1.807) is 31.2 Å².